The Morgan fingerprint density at radius 3 is 2.65 bits per heavy atom. The lowest BCUT2D eigenvalue weighted by Crippen LogP contribution is -2.13. The minimum absolute atomic E-state index is 0.0392. The number of rotatable bonds is 5. The van der Waals surface area contributed by atoms with Crippen molar-refractivity contribution in [1.82, 2.24) is 9.97 Å². The Balaban J connectivity index is 1.80. The van der Waals surface area contributed by atoms with Crippen LogP contribution >= 0.6 is 0 Å². The predicted octanol–water partition coefficient (Wildman–Crippen LogP) is 4.65. The third-order valence-electron chi connectivity index (χ3n) is 3.55. The van der Waals surface area contributed by atoms with E-state index >= 15 is 0 Å². The van der Waals surface area contributed by atoms with Crippen molar-refractivity contribution >= 4 is 22.4 Å². The summed E-state index contributed by atoms with van der Waals surface area (Å²) in [4.78, 5) is 7.82. The van der Waals surface area contributed by atoms with Crippen molar-refractivity contribution in [3.8, 4) is 5.75 Å². The second kappa shape index (κ2) is 6.91. The fourth-order valence-corrected chi connectivity index (χ4v) is 2.37. The number of hydrogen-bond donors (Lipinski definition) is 2. The van der Waals surface area contributed by atoms with Crippen LogP contribution in [0.4, 0.5) is 24.7 Å². The number of halogens is 3. The predicted molar refractivity (Wildman–Crippen MR) is 93.9 cm³/mol. The van der Waals surface area contributed by atoms with Crippen LogP contribution < -0.4 is 15.4 Å². The van der Waals surface area contributed by atoms with Crippen molar-refractivity contribution in [1.29, 1.82) is 0 Å². The van der Waals surface area contributed by atoms with Crippen molar-refractivity contribution in [2.75, 3.05) is 17.7 Å². The molecule has 1 aromatic carbocycles. The molecule has 5 nitrogen and oxygen atoms in total. The van der Waals surface area contributed by atoms with Gasteiger partial charge in [0.05, 0.1) is 18.3 Å². The molecular weight excluding hydrogens is 345 g/mol. The lowest BCUT2D eigenvalue weighted by molar-refractivity contribution is -0.141. The molecule has 2 aromatic heterocycles. The van der Waals surface area contributed by atoms with Crippen LogP contribution in [0, 0.1) is 0 Å². The number of hydrogen-bond acceptors (Lipinski definition) is 5. The molecule has 8 heteroatoms. The minimum atomic E-state index is -4.51. The van der Waals surface area contributed by atoms with E-state index in [1.54, 1.807) is 31.5 Å². The highest BCUT2D eigenvalue weighted by Crippen LogP contribution is 2.29. The van der Waals surface area contributed by atoms with Crippen molar-refractivity contribution in [2.45, 2.75) is 6.18 Å². The highest BCUT2D eigenvalue weighted by Gasteiger charge is 2.32. The first kappa shape index (κ1) is 17.5. The zero-order valence-electron chi connectivity index (χ0n) is 13.8. The maximum absolute atomic E-state index is 12.7. The van der Waals surface area contributed by atoms with E-state index in [-0.39, 0.29) is 11.6 Å². The van der Waals surface area contributed by atoms with E-state index in [1.807, 2.05) is 6.07 Å². The highest BCUT2D eigenvalue weighted by molar-refractivity contribution is 5.92. The largest absolute Gasteiger partial charge is 0.497 e. The Bertz CT molecular complexity index is 957. The van der Waals surface area contributed by atoms with Gasteiger partial charge < -0.3 is 15.4 Å². The third-order valence-corrected chi connectivity index (χ3v) is 3.55. The van der Waals surface area contributed by atoms with Gasteiger partial charge in [0.25, 0.3) is 0 Å². The molecule has 2 heterocycles. The molecule has 134 valence electrons. The first-order valence-corrected chi connectivity index (χ1v) is 7.57. The Morgan fingerprint density at radius 1 is 1.12 bits per heavy atom. The molecule has 0 radical (unpaired) electrons. The molecular formula is C18H15F3N4O. The normalized spacial score (nSPS) is 11.2. The SMILES string of the molecule is C=C(Nc1cccc(C(F)(F)F)n1)Nc1ccnc2cc(OC)ccc12. The fraction of sp³-hybridized carbons (Fsp3) is 0.111. The quantitative estimate of drug-likeness (QED) is 0.693. The summed E-state index contributed by atoms with van der Waals surface area (Å²) in [6.07, 6.45) is -2.90. The van der Waals surface area contributed by atoms with Gasteiger partial charge in [-0.25, -0.2) is 4.98 Å². The molecule has 0 aliphatic rings. The molecule has 3 aromatic rings. The molecule has 0 unspecified atom stereocenters. The molecule has 0 spiro atoms. The van der Waals surface area contributed by atoms with Gasteiger partial charge in [-0.05, 0) is 30.3 Å². The van der Waals surface area contributed by atoms with Gasteiger partial charge in [0.1, 0.15) is 23.1 Å². The Kier molecular flexibility index (Phi) is 4.66. The van der Waals surface area contributed by atoms with Crippen LogP contribution in [-0.4, -0.2) is 17.1 Å². The second-order valence-corrected chi connectivity index (χ2v) is 5.38. The van der Waals surface area contributed by atoms with Crippen molar-refractivity contribution in [3.63, 3.8) is 0 Å². The summed E-state index contributed by atoms with van der Waals surface area (Å²) < 4.78 is 43.4. The van der Waals surface area contributed by atoms with Gasteiger partial charge in [0, 0.05) is 17.6 Å². The van der Waals surface area contributed by atoms with E-state index in [9.17, 15) is 13.2 Å². The van der Waals surface area contributed by atoms with Crippen LogP contribution in [0.1, 0.15) is 5.69 Å². The van der Waals surface area contributed by atoms with Gasteiger partial charge in [-0.3, -0.25) is 4.98 Å². The number of alkyl halides is 3. The molecule has 0 saturated heterocycles. The Labute approximate surface area is 147 Å². The topological polar surface area (TPSA) is 59.1 Å². The van der Waals surface area contributed by atoms with Crippen LogP contribution in [-0.2, 0) is 6.18 Å². The van der Waals surface area contributed by atoms with E-state index in [4.69, 9.17) is 4.74 Å². The monoisotopic (exact) mass is 360 g/mol. The number of ether oxygens (including phenoxy) is 1. The van der Waals surface area contributed by atoms with Gasteiger partial charge in [0.15, 0.2) is 0 Å². The van der Waals surface area contributed by atoms with Gasteiger partial charge in [-0.2, -0.15) is 13.2 Å². The first-order chi connectivity index (χ1) is 12.4. The summed E-state index contributed by atoms with van der Waals surface area (Å²) >= 11 is 0. The van der Waals surface area contributed by atoms with E-state index in [1.165, 1.54) is 12.1 Å². The van der Waals surface area contributed by atoms with Crippen LogP contribution in [0.25, 0.3) is 10.9 Å². The summed E-state index contributed by atoms with van der Waals surface area (Å²) in [5.41, 5.74) is 0.429. The second-order valence-electron chi connectivity index (χ2n) is 5.38. The van der Waals surface area contributed by atoms with Gasteiger partial charge in [-0.15, -0.1) is 0 Å². The standard InChI is InChI=1S/C18H15F3N4O/c1-11(24-17-5-3-4-16(25-17)18(19,20)21)23-14-8-9-22-15-10-12(26-2)6-7-13(14)15/h3-10H,1H2,2H3,(H,22,23)(H,24,25). The number of aromatic nitrogens is 2. The third kappa shape index (κ3) is 3.85. The van der Waals surface area contributed by atoms with Gasteiger partial charge in [-0.1, -0.05) is 12.6 Å². The molecule has 0 aliphatic carbocycles. The van der Waals surface area contributed by atoms with Crippen molar-refractivity contribution in [2.24, 2.45) is 0 Å². The molecule has 0 atom stereocenters. The first-order valence-electron chi connectivity index (χ1n) is 7.57. The maximum atomic E-state index is 12.7. The fourth-order valence-electron chi connectivity index (χ4n) is 2.37. The van der Waals surface area contributed by atoms with Crippen LogP contribution in [0.2, 0.25) is 0 Å². The number of fused-ring (bicyclic) bond motifs is 1. The molecule has 3 rings (SSSR count). The van der Waals surface area contributed by atoms with Gasteiger partial charge in [0.2, 0.25) is 0 Å². The molecule has 0 fully saturated rings. The summed E-state index contributed by atoms with van der Waals surface area (Å²) in [6, 6.07) is 10.8. The average molecular weight is 360 g/mol. The minimum Gasteiger partial charge on any atom is -0.497 e. The van der Waals surface area contributed by atoms with Crippen molar-refractivity contribution in [3.05, 3.63) is 66.8 Å². The van der Waals surface area contributed by atoms with E-state index in [0.717, 1.165) is 11.5 Å². The highest BCUT2D eigenvalue weighted by atomic mass is 19.4. The Hall–Kier alpha value is -3.29. The molecule has 0 amide bonds. The zero-order valence-corrected chi connectivity index (χ0v) is 13.8. The van der Waals surface area contributed by atoms with Gasteiger partial charge >= 0.3 is 6.18 Å². The van der Waals surface area contributed by atoms with Crippen molar-refractivity contribution < 1.29 is 17.9 Å². The summed E-state index contributed by atoms with van der Waals surface area (Å²) in [6.45, 7) is 3.79. The molecule has 0 aliphatic heterocycles. The van der Waals surface area contributed by atoms with Crippen LogP contribution in [0.3, 0.4) is 0 Å². The number of pyridine rings is 2. The molecule has 0 bridgehead atoms. The number of benzene rings is 1. The lowest BCUT2D eigenvalue weighted by atomic mass is 10.2. The molecule has 0 saturated carbocycles. The van der Waals surface area contributed by atoms with Crippen LogP contribution in [0.15, 0.2) is 61.1 Å². The number of nitrogens with zero attached hydrogens (tertiary/aromatic N) is 2. The zero-order chi connectivity index (χ0) is 18.7. The van der Waals surface area contributed by atoms with E-state index < -0.39 is 11.9 Å². The lowest BCUT2D eigenvalue weighted by Gasteiger charge is -2.14. The summed E-state index contributed by atoms with van der Waals surface area (Å²) in [5.74, 6) is 0.991. The summed E-state index contributed by atoms with van der Waals surface area (Å²) in [5, 5.41) is 6.56. The van der Waals surface area contributed by atoms with E-state index in [2.05, 4.69) is 27.2 Å². The Morgan fingerprint density at radius 2 is 1.92 bits per heavy atom. The maximum Gasteiger partial charge on any atom is 0.433 e. The summed E-state index contributed by atoms with van der Waals surface area (Å²) in [7, 11) is 1.57. The number of anilines is 2. The average Bonchev–Trinajstić information content (AvgIpc) is 2.61. The molecule has 2 N–H and O–H groups in total. The molecule has 26 heavy (non-hydrogen) atoms. The number of methoxy groups -OCH3 is 1. The van der Waals surface area contributed by atoms with E-state index in [0.29, 0.717) is 17.0 Å². The van der Waals surface area contributed by atoms with Crippen LogP contribution in [0.5, 0.6) is 5.75 Å². The number of nitrogens with one attached hydrogen (secondary N) is 2. The smallest absolute Gasteiger partial charge is 0.433 e.